The van der Waals surface area contributed by atoms with Crippen LogP contribution in [0.2, 0.25) is 0 Å². The van der Waals surface area contributed by atoms with Crippen LogP contribution in [0.25, 0.3) is 0 Å². The molecule has 8 nitrogen and oxygen atoms in total. The van der Waals surface area contributed by atoms with Crippen LogP contribution in [0.4, 0.5) is 11.4 Å². The van der Waals surface area contributed by atoms with Gasteiger partial charge in [-0.25, -0.2) is 13.1 Å². The normalized spacial score (nSPS) is 10.8. The van der Waals surface area contributed by atoms with Crippen LogP contribution in [-0.2, 0) is 19.6 Å². The first-order valence-corrected chi connectivity index (χ1v) is 9.10. The van der Waals surface area contributed by atoms with Crippen LogP contribution in [0.5, 0.6) is 5.75 Å². The minimum absolute atomic E-state index is 0.0170. The Kier molecular flexibility index (Phi) is 6.31. The lowest BCUT2D eigenvalue weighted by Crippen LogP contribution is -2.33. The van der Waals surface area contributed by atoms with E-state index in [1.165, 1.54) is 38.3 Å². The fourth-order valence-corrected chi connectivity index (χ4v) is 3.09. The van der Waals surface area contributed by atoms with Crippen molar-refractivity contribution in [3.8, 4) is 5.75 Å². The van der Waals surface area contributed by atoms with Crippen molar-refractivity contribution in [2.24, 2.45) is 0 Å². The van der Waals surface area contributed by atoms with E-state index in [0.29, 0.717) is 17.1 Å². The van der Waals surface area contributed by atoms with E-state index in [1.54, 1.807) is 24.3 Å². The molecule has 2 aromatic carbocycles. The van der Waals surface area contributed by atoms with Gasteiger partial charge in [-0.1, -0.05) is 12.1 Å². The third-order valence-electron chi connectivity index (χ3n) is 3.29. The van der Waals surface area contributed by atoms with Gasteiger partial charge in [0.25, 0.3) is 0 Å². The smallest absolute Gasteiger partial charge is 0.241 e. The molecular weight excluding hydrogens is 358 g/mol. The molecule has 138 valence electrons. The summed E-state index contributed by atoms with van der Waals surface area (Å²) in [5.41, 5.74) is 0.921. The van der Waals surface area contributed by atoms with Crippen LogP contribution in [0, 0.1) is 0 Å². The number of hydrogen-bond donors (Lipinski definition) is 3. The summed E-state index contributed by atoms with van der Waals surface area (Å²) in [4.78, 5) is 22.9. The maximum Gasteiger partial charge on any atom is 0.241 e. The zero-order valence-electron chi connectivity index (χ0n) is 14.3. The highest BCUT2D eigenvalue weighted by Gasteiger charge is 2.16. The van der Waals surface area contributed by atoms with Crippen molar-refractivity contribution in [2.75, 3.05) is 24.3 Å². The summed E-state index contributed by atoms with van der Waals surface area (Å²) in [6.45, 7) is 0.917. The van der Waals surface area contributed by atoms with E-state index in [1.807, 2.05) is 0 Å². The maximum atomic E-state index is 12.2. The molecule has 0 aromatic heterocycles. The number of carbonyl (C=O) groups is 2. The Hall–Kier alpha value is -2.91. The van der Waals surface area contributed by atoms with Gasteiger partial charge in [0.15, 0.2) is 0 Å². The second kappa shape index (κ2) is 8.45. The average Bonchev–Trinajstić information content (AvgIpc) is 2.60. The fraction of sp³-hybridized carbons (Fsp3) is 0.176. The van der Waals surface area contributed by atoms with Gasteiger partial charge in [0.2, 0.25) is 21.8 Å². The Morgan fingerprint density at radius 2 is 1.65 bits per heavy atom. The first-order chi connectivity index (χ1) is 12.3. The van der Waals surface area contributed by atoms with Crippen molar-refractivity contribution >= 4 is 33.2 Å². The highest BCUT2D eigenvalue weighted by atomic mass is 32.2. The van der Waals surface area contributed by atoms with Crippen LogP contribution in [0.3, 0.4) is 0 Å². The number of rotatable bonds is 7. The number of amides is 2. The molecule has 0 aliphatic heterocycles. The number of nitrogens with one attached hydrogen (secondary N) is 3. The Morgan fingerprint density at radius 3 is 2.27 bits per heavy atom. The summed E-state index contributed by atoms with van der Waals surface area (Å²) in [6, 6.07) is 12.4. The highest BCUT2D eigenvalue weighted by Crippen LogP contribution is 2.22. The molecule has 2 amide bonds. The summed E-state index contributed by atoms with van der Waals surface area (Å²) in [5, 5.41) is 5.12. The van der Waals surface area contributed by atoms with Gasteiger partial charge in [-0.2, -0.15) is 0 Å². The molecule has 0 saturated heterocycles. The lowest BCUT2D eigenvalue weighted by Gasteiger charge is -2.11. The van der Waals surface area contributed by atoms with Crippen molar-refractivity contribution in [3.63, 3.8) is 0 Å². The maximum absolute atomic E-state index is 12.2. The molecular formula is C17H19N3O5S. The standard InChI is InChI=1S/C17H19N3O5S/c1-12(21)19-13-7-9-14(10-8-13)26(23,24)18-11-17(22)20-15-5-3-4-6-16(15)25-2/h3-10,18H,11H2,1-2H3,(H,19,21)(H,20,22). The zero-order chi connectivity index (χ0) is 19.2. The predicted molar refractivity (Wildman–Crippen MR) is 97.6 cm³/mol. The van der Waals surface area contributed by atoms with Crippen molar-refractivity contribution in [1.29, 1.82) is 0 Å². The molecule has 0 unspecified atom stereocenters. The third-order valence-corrected chi connectivity index (χ3v) is 4.71. The van der Waals surface area contributed by atoms with Crippen molar-refractivity contribution in [1.82, 2.24) is 4.72 Å². The highest BCUT2D eigenvalue weighted by molar-refractivity contribution is 7.89. The summed E-state index contributed by atoms with van der Waals surface area (Å²) in [5.74, 6) is -0.322. The van der Waals surface area contributed by atoms with E-state index in [4.69, 9.17) is 4.74 Å². The summed E-state index contributed by atoms with van der Waals surface area (Å²) >= 11 is 0. The van der Waals surface area contributed by atoms with Gasteiger partial charge < -0.3 is 15.4 Å². The first-order valence-electron chi connectivity index (χ1n) is 7.62. The summed E-state index contributed by atoms with van der Waals surface area (Å²) < 4.78 is 31.8. The van der Waals surface area contributed by atoms with Gasteiger partial charge in [-0.15, -0.1) is 0 Å². The molecule has 0 aliphatic rings. The number of para-hydroxylation sites is 2. The minimum atomic E-state index is -3.86. The van der Waals surface area contributed by atoms with E-state index in [0.717, 1.165) is 0 Å². The van der Waals surface area contributed by atoms with Gasteiger partial charge >= 0.3 is 0 Å². The molecule has 2 rings (SSSR count). The molecule has 0 fully saturated rings. The van der Waals surface area contributed by atoms with Gasteiger partial charge in [0.05, 0.1) is 24.2 Å². The number of hydrogen-bond acceptors (Lipinski definition) is 5. The number of sulfonamides is 1. The molecule has 0 aliphatic carbocycles. The molecule has 0 atom stereocenters. The largest absolute Gasteiger partial charge is 0.495 e. The zero-order valence-corrected chi connectivity index (χ0v) is 15.1. The predicted octanol–water partition coefficient (Wildman–Crippen LogP) is 1.57. The quantitative estimate of drug-likeness (QED) is 0.678. The van der Waals surface area contributed by atoms with Crippen molar-refractivity contribution < 1.29 is 22.7 Å². The minimum Gasteiger partial charge on any atom is -0.495 e. The van der Waals surface area contributed by atoms with E-state index in [2.05, 4.69) is 15.4 Å². The van der Waals surface area contributed by atoms with Crippen LogP contribution in [-0.4, -0.2) is 33.9 Å². The molecule has 26 heavy (non-hydrogen) atoms. The number of methoxy groups -OCH3 is 1. The van der Waals surface area contributed by atoms with Gasteiger partial charge in [-0.05, 0) is 36.4 Å². The summed E-state index contributed by atoms with van der Waals surface area (Å²) in [6.07, 6.45) is 0. The molecule has 0 spiro atoms. The van der Waals surface area contributed by atoms with Gasteiger partial charge in [0, 0.05) is 12.6 Å². The number of carbonyl (C=O) groups excluding carboxylic acids is 2. The molecule has 2 aromatic rings. The Labute approximate surface area is 151 Å². The van der Waals surface area contributed by atoms with Crippen LogP contribution >= 0.6 is 0 Å². The van der Waals surface area contributed by atoms with Crippen LogP contribution in [0.15, 0.2) is 53.4 Å². The summed E-state index contributed by atoms with van der Waals surface area (Å²) in [7, 11) is -2.39. The lowest BCUT2D eigenvalue weighted by molar-refractivity contribution is -0.115. The van der Waals surface area contributed by atoms with Crippen LogP contribution in [0.1, 0.15) is 6.92 Å². The van der Waals surface area contributed by atoms with Crippen molar-refractivity contribution in [2.45, 2.75) is 11.8 Å². The fourth-order valence-electron chi connectivity index (χ4n) is 2.11. The Balaban J connectivity index is 1.98. The number of ether oxygens (including phenoxy) is 1. The molecule has 9 heteroatoms. The second-order valence-corrected chi connectivity index (χ2v) is 7.05. The SMILES string of the molecule is COc1ccccc1NC(=O)CNS(=O)(=O)c1ccc(NC(C)=O)cc1. The van der Waals surface area contributed by atoms with Gasteiger partial charge in [0.1, 0.15) is 5.75 Å². The Bertz CT molecular complexity index is 895. The molecule has 0 radical (unpaired) electrons. The first kappa shape index (κ1) is 19.4. The third kappa shape index (κ3) is 5.30. The van der Waals surface area contributed by atoms with Crippen molar-refractivity contribution in [3.05, 3.63) is 48.5 Å². The molecule has 0 bridgehead atoms. The second-order valence-electron chi connectivity index (χ2n) is 5.28. The molecule has 3 N–H and O–H groups in total. The van der Waals surface area contributed by atoms with Crippen LogP contribution < -0.4 is 20.1 Å². The number of anilines is 2. The lowest BCUT2D eigenvalue weighted by atomic mass is 10.3. The van der Waals surface area contributed by atoms with E-state index >= 15 is 0 Å². The number of benzene rings is 2. The monoisotopic (exact) mass is 377 g/mol. The topological polar surface area (TPSA) is 114 Å². The van der Waals surface area contributed by atoms with Gasteiger partial charge in [-0.3, -0.25) is 9.59 Å². The van der Waals surface area contributed by atoms with E-state index in [-0.39, 0.29) is 10.8 Å². The van der Waals surface area contributed by atoms with E-state index < -0.39 is 22.5 Å². The Morgan fingerprint density at radius 1 is 1.00 bits per heavy atom. The molecule has 0 saturated carbocycles. The average molecular weight is 377 g/mol. The molecule has 0 heterocycles. The van der Waals surface area contributed by atoms with E-state index in [9.17, 15) is 18.0 Å².